The topological polar surface area (TPSA) is 20.2 Å². The summed E-state index contributed by atoms with van der Waals surface area (Å²) in [6.07, 6.45) is 11.4. The summed E-state index contributed by atoms with van der Waals surface area (Å²) in [4.78, 5) is 0. The Kier molecular flexibility index (Phi) is 8.57. The van der Waals surface area contributed by atoms with Crippen LogP contribution in [0.5, 0.6) is 0 Å². The van der Waals surface area contributed by atoms with E-state index in [-0.39, 0.29) is 6.10 Å². The highest BCUT2D eigenvalue weighted by Gasteiger charge is 1.87. The van der Waals surface area contributed by atoms with Gasteiger partial charge in [0, 0.05) is 0 Å². The van der Waals surface area contributed by atoms with Crippen LogP contribution in [-0.2, 0) is 0 Å². The fourth-order valence-electron chi connectivity index (χ4n) is 1.16. The summed E-state index contributed by atoms with van der Waals surface area (Å²) in [6, 6.07) is 0. The normalized spacial score (nSPS) is 13.9. The molecule has 0 radical (unpaired) electrons. The first-order valence-electron chi connectivity index (χ1n) is 5.12. The first-order valence-corrected chi connectivity index (χ1v) is 5.12. The average molecular weight is 170 g/mol. The fourth-order valence-corrected chi connectivity index (χ4v) is 1.16. The zero-order chi connectivity index (χ0) is 9.23. The largest absolute Gasteiger partial charge is 0.389 e. The molecule has 1 N–H and O–H groups in total. The van der Waals surface area contributed by atoms with Crippen LogP contribution in [0, 0.1) is 0 Å². The molecule has 0 aliphatic rings. The molecule has 0 heterocycles. The maximum Gasteiger partial charge on any atom is 0.0692 e. The standard InChI is InChI=1S/C11H22O/c1-3-4-5-6-7-8-9-10-11(2)12/h9-12H,3-8H2,1-2H3. The highest BCUT2D eigenvalue weighted by molar-refractivity contribution is 4.85. The summed E-state index contributed by atoms with van der Waals surface area (Å²) in [7, 11) is 0. The van der Waals surface area contributed by atoms with Crippen molar-refractivity contribution in [2.24, 2.45) is 0 Å². The lowest BCUT2D eigenvalue weighted by Crippen LogP contribution is -1.91. The Morgan fingerprint density at radius 1 is 1.17 bits per heavy atom. The zero-order valence-electron chi connectivity index (χ0n) is 8.42. The molecule has 12 heavy (non-hydrogen) atoms. The average Bonchev–Trinajstić information content (AvgIpc) is 2.02. The zero-order valence-corrected chi connectivity index (χ0v) is 8.42. The van der Waals surface area contributed by atoms with E-state index >= 15 is 0 Å². The quantitative estimate of drug-likeness (QED) is 0.459. The number of hydrogen-bond donors (Lipinski definition) is 1. The molecule has 0 fully saturated rings. The van der Waals surface area contributed by atoms with E-state index in [0.29, 0.717) is 0 Å². The molecule has 0 aromatic heterocycles. The van der Waals surface area contributed by atoms with E-state index in [2.05, 4.69) is 13.0 Å². The first kappa shape index (κ1) is 11.7. The fraction of sp³-hybridized carbons (Fsp3) is 0.818. The van der Waals surface area contributed by atoms with Crippen LogP contribution in [0.4, 0.5) is 0 Å². The van der Waals surface area contributed by atoms with Crippen LogP contribution < -0.4 is 0 Å². The Hall–Kier alpha value is -0.300. The number of hydrogen-bond acceptors (Lipinski definition) is 1. The van der Waals surface area contributed by atoms with Gasteiger partial charge in [-0.1, -0.05) is 44.8 Å². The van der Waals surface area contributed by atoms with E-state index in [1.807, 2.05) is 6.08 Å². The molecular weight excluding hydrogens is 148 g/mol. The van der Waals surface area contributed by atoms with Crippen LogP contribution in [0.3, 0.4) is 0 Å². The molecule has 0 aromatic rings. The smallest absolute Gasteiger partial charge is 0.0692 e. The predicted molar refractivity (Wildman–Crippen MR) is 54.2 cm³/mol. The summed E-state index contributed by atoms with van der Waals surface area (Å²) in [5, 5.41) is 8.91. The minimum absolute atomic E-state index is 0.277. The van der Waals surface area contributed by atoms with Gasteiger partial charge in [-0.05, 0) is 19.8 Å². The third-order valence-corrected chi connectivity index (χ3v) is 1.89. The lowest BCUT2D eigenvalue weighted by molar-refractivity contribution is 0.244. The SMILES string of the molecule is CCCCCCCC=CC(C)O. The van der Waals surface area contributed by atoms with Gasteiger partial charge in [-0.2, -0.15) is 0 Å². The number of unbranched alkanes of at least 4 members (excludes halogenated alkanes) is 5. The molecule has 0 amide bonds. The maximum atomic E-state index is 8.91. The molecule has 1 nitrogen and oxygen atoms in total. The van der Waals surface area contributed by atoms with Gasteiger partial charge < -0.3 is 5.11 Å². The molecule has 0 aliphatic heterocycles. The van der Waals surface area contributed by atoms with Crippen molar-refractivity contribution in [3.63, 3.8) is 0 Å². The third-order valence-electron chi connectivity index (χ3n) is 1.89. The Morgan fingerprint density at radius 2 is 1.83 bits per heavy atom. The van der Waals surface area contributed by atoms with Crippen LogP contribution in [-0.4, -0.2) is 11.2 Å². The summed E-state index contributed by atoms with van der Waals surface area (Å²) >= 11 is 0. The number of aliphatic hydroxyl groups excluding tert-OH is 1. The molecule has 72 valence electrons. The number of allylic oxidation sites excluding steroid dienone is 1. The second kappa shape index (κ2) is 8.79. The van der Waals surface area contributed by atoms with Crippen LogP contribution in [0.1, 0.15) is 52.4 Å². The van der Waals surface area contributed by atoms with Gasteiger partial charge in [0.05, 0.1) is 6.10 Å². The molecule has 0 bridgehead atoms. The molecule has 0 aromatic carbocycles. The predicted octanol–water partition coefficient (Wildman–Crippen LogP) is 3.28. The highest BCUT2D eigenvalue weighted by Crippen LogP contribution is 2.05. The molecular formula is C11H22O. The molecule has 0 saturated heterocycles. The highest BCUT2D eigenvalue weighted by atomic mass is 16.3. The van der Waals surface area contributed by atoms with Crippen molar-refractivity contribution in [3.8, 4) is 0 Å². The van der Waals surface area contributed by atoms with Crippen LogP contribution in [0.25, 0.3) is 0 Å². The van der Waals surface area contributed by atoms with Crippen molar-refractivity contribution < 1.29 is 5.11 Å². The van der Waals surface area contributed by atoms with E-state index in [4.69, 9.17) is 5.11 Å². The van der Waals surface area contributed by atoms with Gasteiger partial charge >= 0.3 is 0 Å². The molecule has 0 rings (SSSR count). The summed E-state index contributed by atoms with van der Waals surface area (Å²) < 4.78 is 0. The van der Waals surface area contributed by atoms with Gasteiger partial charge in [0.25, 0.3) is 0 Å². The Bertz CT molecular complexity index is 106. The second-order valence-corrected chi connectivity index (χ2v) is 3.37. The lowest BCUT2D eigenvalue weighted by atomic mass is 10.1. The van der Waals surface area contributed by atoms with Crippen molar-refractivity contribution in [2.75, 3.05) is 0 Å². The Balaban J connectivity index is 3.00. The van der Waals surface area contributed by atoms with Gasteiger partial charge in [0.2, 0.25) is 0 Å². The van der Waals surface area contributed by atoms with Gasteiger partial charge in [-0.15, -0.1) is 0 Å². The Labute approximate surface area is 76.5 Å². The van der Waals surface area contributed by atoms with E-state index in [9.17, 15) is 0 Å². The molecule has 1 atom stereocenters. The number of aliphatic hydroxyl groups is 1. The van der Waals surface area contributed by atoms with Crippen molar-refractivity contribution >= 4 is 0 Å². The van der Waals surface area contributed by atoms with Crippen LogP contribution in [0.2, 0.25) is 0 Å². The van der Waals surface area contributed by atoms with Crippen LogP contribution in [0.15, 0.2) is 12.2 Å². The van der Waals surface area contributed by atoms with Gasteiger partial charge in [-0.3, -0.25) is 0 Å². The van der Waals surface area contributed by atoms with E-state index in [1.165, 1.54) is 32.1 Å². The van der Waals surface area contributed by atoms with Crippen molar-refractivity contribution in [2.45, 2.75) is 58.5 Å². The van der Waals surface area contributed by atoms with E-state index in [0.717, 1.165) is 6.42 Å². The van der Waals surface area contributed by atoms with E-state index in [1.54, 1.807) is 6.92 Å². The van der Waals surface area contributed by atoms with Gasteiger partial charge in [0.15, 0.2) is 0 Å². The lowest BCUT2D eigenvalue weighted by Gasteiger charge is -1.96. The Morgan fingerprint density at radius 3 is 2.42 bits per heavy atom. The second-order valence-electron chi connectivity index (χ2n) is 3.37. The molecule has 0 aliphatic carbocycles. The maximum absolute atomic E-state index is 8.91. The molecule has 1 unspecified atom stereocenters. The minimum Gasteiger partial charge on any atom is -0.389 e. The molecule has 0 saturated carbocycles. The summed E-state index contributed by atoms with van der Waals surface area (Å²) in [6.45, 7) is 4.01. The third kappa shape index (κ3) is 9.70. The molecule has 1 heteroatoms. The molecule has 0 spiro atoms. The number of rotatable bonds is 7. The van der Waals surface area contributed by atoms with Crippen LogP contribution >= 0.6 is 0 Å². The van der Waals surface area contributed by atoms with Crippen molar-refractivity contribution in [1.82, 2.24) is 0 Å². The van der Waals surface area contributed by atoms with Gasteiger partial charge in [0.1, 0.15) is 0 Å². The van der Waals surface area contributed by atoms with Gasteiger partial charge in [-0.25, -0.2) is 0 Å². The minimum atomic E-state index is -0.277. The summed E-state index contributed by atoms with van der Waals surface area (Å²) in [5.74, 6) is 0. The summed E-state index contributed by atoms with van der Waals surface area (Å²) in [5.41, 5.74) is 0. The van der Waals surface area contributed by atoms with E-state index < -0.39 is 0 Å². The van der Waals surface area contributed by atoms with Crippen molar-refractivity contribution in [1.29, 1.82) is 0 Å². The monoisotopic (exact) mass is 170 g/mol. The first-order chi connectivity index (χ1) is 5.77. The van der Waals surface area contributed by atoms with Crippen molar-refractivity contribution in [3.05, 3.63) is 12.2 Å².